The van der Waals surface area contributed by atoms with Crippen LogP contribution in [-0.2, 0) is 0 Å². The summed E-state index contributed by atoms with van der Waals surface area (Å²) in [6, 6.07) is 25.7. The lowest BCUT2D eigenvalue weighted by molar-refractivity contribution is -0.385. The van der Waals surface area contributed by atoms with Crippen LogP contribution in [0.4, 0.5) is 11.4 Å². The summed E-state index contributed by atoms with van der Waals surface area (Å²) < 4.78 is 0. The lowest BCUT2D eigenvalue weighted by atomic mass is 9.91. The first-order chi connectivity index (χ1) is 15.5. The second-order valence-corrected chi connectivity index (χ2v) is 7.82. The molecule has 0 saturated carbocycles. The fourth-order valence-corrected chi connectivity index (χ4v) is 4.87. The van der Waals surface area contributed by atoms with Crippen molar-refractivity contribution in [2.45, 2.75) is 0 Å². The van der Waals surface area contributed by atoms with Crippen LogP contribution in [0.15, 0.2) is 84.9 Å². The number of hydrogen-bond acceptors (Lipinski definition) is 4. The zero-order valence-corrected chi connectivity index (χ0v) is 16.6. The molecule has 2 aliphatic carbocycles. The third kappa shape index (κ3) is 2.40. The number of non-ortho nitro benzene ring substituents is 2. The zero-order valence-electron chi connectivity index (χ0n) is 16.6. The number of fused-ring (bicyclic) bond motifs is 6. The van der Waals surface area contributed by atoms with E-state index < -0.39 is 0 Å². The minimum atomic E-state index is -0.382. The molecule has 0 saturated heterocycles. The molecule has 0 amide bonds. The predicted molar refractivity (Wildman–Crippen MR) is 122 cm³/mol. The van der Waals surface area contributed by atoms with Crippen molar-refractivity contribution in [1.29, 1.82) is 0 Å². The summed E-state index contributed by atoms with van der Waals surface area (Å²) in [6.07, 6.45) is 0. The van der Waals surface area contributed by atoms with Crippen molar-refractivity contribution in [2.75, 3.05) is 0 Å². The second-order valence-electron chi connectivity index (χ2n) is 7.82. The van der Waals surface area contributed by atoms with E-state index in [0.29, 0.717) is 0 Å². The number of benzene rings is 4. The van der Waals surface area contributed by atoms with E-state index in [1.54, 1.807) is 12.1 Å². The molecule has 0 heterocycles. The maximum atomic E-state index is 11.4. The summed E-state index contributed by atoms with van der Waals surface area (Å²) in [6.45, 7) is 0. The summed E-state index contributed by atoms with van der Waals surface area (Å²) in [5, 5.41) is 22.8. The third-order valence-electron chi connectivity index (χ3n) is 6.19. The Hall–Kier alpha value is -4.58. The van der Waals surface area contributed by atoms with Crippen molar-refractivity contribution >= 4 is 22.5 Å². The standard InChI is InChI=1S/C26H14N2O4/c29-27(30)15-9-11-21-23(13-15)17-5-1-3-7-19(17)25(21)26-20-8-4-2-6-18(20)24-14-16(28(31)32)10-12-22(24)26/h1-14H. The van der Waals surface area contributed by atoms with Crippen LogP contribution >= 0.6 is 0 Å². The van der Waals surface area contributed by atoms with Crippen LogP contribution < -0.4 is 0 Å². The van der Waals surface area contributed by atoms with E-state index in [-0.39, 0.29) is 21.2 Å². The fraction of sp³-hybridized carbons (Fsp3) is 0. The molecule has 152 valence electrons. The highest BCUT2D eigenvalue weighted by molar-refractivity contribution is 6.19. The van der Waals surface area contributed by atoms with Gasteiger partial charge in [0, 0.05) is 24.3 Å². The van der Waals surface area contributed by atoms with E-state index in [0.717, 1.165) is 55.7 Å². The van der Waals surface area contributed by atoms with Crippen molar-refractivity contribution in [3.63, 3.8) is 0 Å². The van der Waals surface area contributed by atoms with Crippen molar-refractivity contribution in [3.05, 3.63) is 127 Å². The molecule has 0 spiro atoms. The van der Waals surface area contributed by atoms with Gasteiger partial charge < -0.3 is 0 Å². The SMILES string of the molecule is O=[N+]([O-])c1ccc2c(c1)-c1ccccc1C2=C1c2ccccc2-c2cc([N+](=O)[O-])ccc21. The summed E-state index contributed by atoms with van der Waals surface area (Å²) in [7, 11) is 0. The largest absolute Gasteiger partial charge is 0.270 e. The Bertz CT molecular complexity index is 1420. The smallest absolute Gasteiger partial charge is 0.258 e. The molecule has 0 aromatic heterocycles. The fourth-order valence-electron chi connectivity index (χ4n) is 4.87. The van der Waals surface area contributed by atoms with Crippen LogP contribution in [0.2, 0.25) is 0 Å². The molecule has 0 aliphatic heterocycles. The molecule has 0 unspecified atom stereocenters. The third-order valence-corrected chi connectivity index (χ3v) is 6.19. The Balaban J connectivity index is 1.74. The van der Waals surface area contributed by atoms with E-state index in [9.17, 15) is 20.2 Å². The summed E-state index contributed by atoms with van der Waals surface area (Å²) >= 11 is 0. The average molecular weight is 418 g/mol. The molecule has 6 rings (SSSR count). The molecule has 4 aromatic rings. The minimum Gasteiger partial charge on any atom is -0.258 e. The molecule has 0 fully saturated rings. The molecule has 6 heteroatoms. The first kappa shape index (κ1) is 18.2. The van der Waals surface area contributed by atoms with Gasteiger partial charge in [-0.1, -0.05) is 48.5 Å². The van der Waals surface area contributed by atoms with Crippen LogP contribution in [-0.4, -0.2) is 9.85 Å². The Kier molecular flexibility index (Phi) is 3.67. The highest BCUT2D eigenvalue weighted by atomic mass is 16.6. The van der Waals surface area contributed by atoms with E-state index in [2.05, 4.69) is 0 Å². The Morgan fingerprint density at radius 3 is 1.16 bits per heavy atom. The monoisotopic (exact) mass is 418 g/mol. The van der Waals surface area contributed by atoms with Crippen molar-refractivity contribution in [2.24, 2.45) is 0 Å². The van der Waals surface area contributed by atoms with Gasteiger partial charge in [0.25, 0.3) is 11.4 Å². The highest BCUT2D eigenvalue weighted by Gasteiger charge is 2.33. The number of nitro benzene ring substituents is 2. The van der Waals surface area contributed by atoms with Crippen LogP contribution in [0.25, 0.3) is 33.4 Å². The van der Waals surface area contributed by atoms with Crippen molar-refractivity contribution < 1.29 is 9.85 Å². The van der Waals surface area contributed by atoms with Crippen molar-refractivity contribution in [3.8, 4) is 22.3 Å². The Morgan fingerprint density at radius 2 is 0.781 bits per heavy atom. The molecule has 6 nitrogen and oxygen atoms in total. The van der Waals surface area contributed by atoms with Gasteiger partial charge in [0.2, 0.25) is 0 Å². The molecule has 32 heavy (non-hydrogen) atoms. The van der Waals surface area contributed by atoms with Crippen molar-refractivity contribution in [1.82, 2.24) is 0 Å². The Labute approximate surface area is 182 Å². The summed E-state index contributed by atoms with van der Waals surface area (Å²) in [5.74, 6) is 0. The Morgan fingerprint density at radius 1 is 0.438 bits per heavy atom. The van der Waals surface area contributed by atoms with Gasteiger partial charge >= 0.3 is 0 Å². The number of rotatable bonds is 2. The van der Waals surface area contributed by atoms with Gasteiger partial charge in [-0.15, -0.1) is 0 Å². The summed E-state index contributed by atoms with van der Waals surface area (Å²) in [5.41, 5.74) is 9.47. The van der Waals surface area contributed by atoms with E-state index in [1.165, 1.54) is 12.1 Å². The van der Waals surface area contributed by atoms with Gasteiger partial charge in [-0.3, -0.25) is 20.2 Å². The van der Waals surface area contributed by atoms with Crippen LogP contribution in [0.3, 0.4) is 0 Å². The van der Waals surface area contributed by atoms with Gasteiger partial charge in [-0.05, 0) is 67.8 Å². The topological polar surface area (TPSA) is 86.3 Å². The first-order valence-electron chi connectivity index (χ1n) is 10.1. The first-order valence-corrected chi connectivity index (χ1v) is 10.1. The molecule has 0 N–H and O–H groups in total. The van der Waals surface area contributed by atoms with Gasteiger partial charge in [-0.25, -0.2) is 0 Å². The quantitative estimate of drug-likeness (QED) is 0.238. The zero-order chi connectivity index (χ0) is 22.0. The molecule has 2 aliphatic rings. The lowest BCUT2D eigenvalue weighted by Gasteiger charge is -2.11. The maximum absolute atomic E-state index is 11.4. The predicted octanol–water partition coefficient (Wildman–Crippen LogP) is 6.47. The lowest BCUT2D eigenvalue weighted by Crippen LogP contribution is -1.92. The molecular formula is C26H14N2O4. The molecule has 0 atom stereocenters. The van der Waals surface area contributed by atoms with Gasteiger partial charge in [0.15, 0.2) is 0 Å². The van der Waals surface area contributed by atoms with Gasteiger partial charge in [0.1, 0.15) is 0 Å². The van der Waals surface area contributed by atoms with E-state index in [1.807, 2.05) is 60.7 Å². The van der Waals surface area contributed by atoms with Crippen LogP contribution in [0, 0.1) is 20.2 Å². The van der Waals surface area contributed by atoms with Gasteiger partial charge in [0.05, 0.1) is 9.85 Å². The molecule has 0 radical (unpaired) electrons. The molecule has 4 aromatic carbocycles. The highest BCUT2D eigenvalue weighted by Crippen LogP contribution is 2.54. The summed E-state index contributed by atoms with van der Waals surface area (Å²) in [4.78, 5) is 22.0. The number of nitro groups is 2. The average Bonchev–Trinajstić information content (AvgIpc) is 3.30. The van der Waals surface area contributed by atoms with Crippen LogP contribution in [0.1, 0.15) is 22.3 Å². The molecular weight excluding hydrogens is 404 g/mol. The second kappa shape index (κ2) is 6.46. The van der Waals surface area contributed by atoms with Gasteiger partial charge in [-0.2, -0.15) is 0 Å². The number of nitrogens with zero attached hydrogens (tertiary/aromatic N) is 2. The van der Waals surface area contributed by atoms with Crippen LogP contribution in [0.5, 0.6) is 0 Å². The maximum Gasteiger partial charge on any atom is 0.270 e. The van der Waals surface area contributed by atoms with E-state index in [4.69, 9.17) is 0 Å². The molecule has 0 bridgehead atoms. The van der Waals surface area contributed by atoms with E-state index >= 15 is 0 Å². The number of hydrogen-bond donors (Lipinski definition) is 0. The normalized spacial score (nSPS) is 15.0. The minimum absolute atomic E-state index is 0.0488.